The van der Waals surface area contributed by atoms with E-state index in [1.807, 2.05) is 28.9 Å². The molecule has 1 aliphatic rings. The Labute approximate surface area is 117 Å². The van der Waals surface area contributed by atoms with Crippen LogP contribution in [-0.4, -0.2) is 26.9 Å². The summed E-state index contributed by atoms with van der Waals surface area (Å²) >= 11 is 0. The van der Waals surface area contributed by atoms with Crippen LogP contribution in [0.25, 0.3) is 10.9 Å². The van der Waals surface area contributed by atoms with Gasteiger partial charge in [-0.3, -0.25) is 14.8 Å². The number of aliphatic carboxylic acids is 1. The zero-order valence-corrected chi connectivity index (χ0v) is 11.5. The number of carboxylic acids is 1. The second-order valence-electron chi connectivity index (χ2n) is 5.31. The molecule has 0 spiro atoms. The number of benzene rings is 1. The van der Waals surface area contributed by atoms with Gasteiger partial charge in [0.1, 0.15) is 6.04 Å². The Morgan fingerprint density at radius 1 is 1.50 bits per heavy atom. The van der Waals surface area contributed by atoms with Gasteiger partial charge in [0, 0.05) is 18.5 Å². The van der Waals surface area contributed by atoms with Gasteiger partial charge in [0.25, 0.3) is 0 Å². The van der Waals surface area contributed by atoms with E-state index in [4.69, 9.17) is 0 Å². The molecular formula is C15H19N3O2. The molecule has 2 N–H and O–H groups in total. The quantitative estimate of drug-likeness (QED) is 0.845. The zero-order chi connectivity index (χ0) is 14.1. The first-order valence-corrected chi connectivity index (χ1v) is 7.11. The average molecular weight is 273 g/mol. The summed E-state index contributed by atoms with van der Waals surface area (Å²) < 4.78 is 1.96. The fraction of sp³-hybridized carbons (Fsp3) is 0.467. The Kier molecular flexibility index (Phi) is 3.44. The van der Waals surface area contributed by atoms with E-state index in [0.29, 0.717) is 6.54 Å². The number of aromatic nitrogens is 2. The smallest absolute Gasteiger partial charge is 0.320 e. The topological polar surface area (TPSA) is 67.2 Å². The molecule has 1 aliphatic carbocycles. The summed E-state index contributed by atoms with van der Waals surface area (Å²) in [6.07, 6.45) is 2.02. The number of nitrogens with zero attached hydrogens (tertiary/aromatic N) is 2. The Morgan fingerprint density at radius 2 is 2.25 bits per heavy atom. The van der Waals surface area contributed by atoms with Crippen molar-refractivity contribution in [2.24, 2.45) is 5.92 Å². The molecule has 5 heteroatoms. The molecule has 1 fully saturated rings. The highest BCUT2D eigenvalue weighted by atomic mass is 16.4. The van der Waals surface area contributed by atoms with Crippen LogP contribution in [0.15, 0.2) is 24.3 Å². The fourth-order valence-electron chi connectivity index (χ4n) is 2.66. The van der Waals surface area contributed by atoms with E-state index >= 15 is 0 Å². The van der Waals surface area contributed by atoms with Gasteiger partial charge in [-0.25, -0.2) is 0 Å². The first-order chi connectivity index (χ1) is 9.70. The Balaban J connectivity index is 1.82. The predicted octanol–water partition coefficient (Wildman–Crippen LogP) is 2.01. The third kappa shape index (κ3) is 2.41. The summed E-state index contributed by atoms with van der Waals surface area (Å²) in [6, 6.07) is 7.63. The van der Waals surface area contributed by atoms with Crippen molar-refractivity contribution in [2.75, 3.05) is 0 Å². The Hall–Kier alpha value is -1.88. The molecule has 0 amide bonds. The number of hydrogen-bond acceptors (Lipinski definition) is 3. The van der Waals surface area contributed by atoms with Crippen LogP contribution < -0.4 is 5.32 Å². The maximum atomic E-state index is 11.2. The van der Waals surface area contributed by atoms with Crippen LogP contribution in [0.2, 0.25) is 0 Å². The summed E-state index contributed by atoms with van der Waals surface area (Å²) in [5.41, 5.74) is 2.03. The molecule has 0 aliphatic heterocycles. The van der Waals surface area contributed by atoms with Crippen molar-refractivity contribution < 1.29 is 9.90 Å². The number of para-hydroxylation sites is 1. The molecule has 0 bridgehead atoms. The van der Waals surface area contributed by atoms with Crippen molar-refractivity contribution in [3.05, 3.63) is 30.0 Å². The molecule has 0 saturated heterocycles. The molecule has 1 saturated carbocycles. The molecule has 5 nitrogen and oxygen atoms in total. The number of fused-ring (bicyclic) bond motifs is 1. The predicted molar refractivity (Wildman–Crippen MR) is 76.4 cm³/mol. The van der Waals surface area contributed by atoms with Gasteiger partial charge in [0.05, 0.1) is 11.2 Å². The van der Waals surface area contributed by atoms with Crippen LogP contribution in [0, 0.1) is 5.92 Å². The van der Waals surface area contributed by atoms with Crippen LogP contribution in [0.3, 0.4) is 0 Å². The van der Waals surface area contributed by atoms with Crippen LogP contribution in [0.4, 0.5) is 0 Å². The number of carboxylic acid groups (broad SMARTS) is 1. The summed E-state index contributed by atoms with van der Waals surface area (Å²) in [7, 11) is 0. The normalized spacial score (nSPS) is 16.4. The van der Waals surface area contributed by atoms with Gasteiger partial charge >= 0.3 is 5.97 Å². The lowest BCUT2D eigenvalue weighted by molar-refractivity contribution is -0.140. The van der Waals surface area contributed by atoms with Crippen molar-refractivity contribution in [1.29, 1.82) is 0 Å². The Bertz CT molecular complexity index is 631. The second kappa shape index (κ2) is 5.25. The first-order valence-electron chi connectivity index (χ1n) is 7.11. The minimum absolute atomic E-state index is 0.284. The molecule has 1 heterocycles. The lowest BCUT2D eigenvalue weighted by Gasteiger charge is -2.12. The van der Waals surface area contributed by atoms with E-state index in [-0.39, 0.29) is 5.92 Å². The largest absolute Gasteiger partial charge is 0.480 e. The highest BCUT2D eigenvalue weighted by Crippen LogP contribution is 2.33. The maximum absolute atomic E-state index is 11.2. The van der Waals surface area contributed by atoms with Gasteiger partial charge < -0.3 is 5.11 Å². The summed E-state index contributed by atoms with van der Waals surface area (Å²) in [5.74, 6) is -0.473. The zero-order valence-electron chi connectivity index (χ0n) is 11.5. The first kappa shape index (κ1) is 13.1. The summed E-state index contributed by atoms with van der Waals surface area (Å²) in [4.78, 5) is 11.2. The second-order valence-corrected chi connectivity index (χ2v) is 5.31. The Morgan fingerprint density at radius 3 is 2.90 bits per heavy atom. The van der Waals surface area contributed by atoms with Crippen molar-refractivity contribution in [2.45, 2.75) is 38.9 Å². The number of carbonyl (C=O) groups is 1. The maximum Gasteiger partial charge on any atom is 0.320 e. The van der Waals surface area contributed by atoms with E-state index < -0.39 is 12.0 Å². The third-order valence-corrected chi connectivity index (χ3v) is 3.88. The van der Waals surface area contributed by atoms with E-state index in [0.717, 1.165) is 36.0 Å². The van der Waals surface area contributed by atoms with Crippen LogP contribution in [0.5, 0.6) is 0 Å². The van der Waals surface area contributed by atoms with Gasteiger partial charge in [-0.15, -0.1) is 0 Å². The average Bonchev–Trinajstić information content (AvgIpc) is 3.21. The lowest BCUT2D eigenvalue weighted by atomic mass is 10.1. The lowest BCUT2D eigenvalue weighted by Crippen LogP contribution is -2.38. The fourth-order valence-corrected chi connectivity index (χ4v) is 2.66. The van der Waals surface area contributed by atoms with Crippen LogP contribution in [0.1, 0.15) is 25.5 Å². The number of nitrogens with one attached hydrogen (secondary N) is 1. The highest BCUT2D eigenvalue weighted by molar-refractivity contribution is 5.82. The van der Waals surface area contributed by atoms with Gasteiger partial charge in [-0.05, 0) is 31.7 Å². The highest BCUT2D eigenvalue weighted by Gasteiger charge is 2.35. The molecular weight excluding hydrogens is 254 g/mol. The van der Waals surface area contributed by atoms with Gasteiger partial charge in [0.2, 0.25) is 0 Å². The van der Waals surface area contributed by atoms with Crippen molar-refractivity contribution >= 4 is 16.9 Å². The van der Waals surface area contributed by atoms with E-state index in [1.54, 1.807) is 0 Å². The van der Waals surface area contributed by atoms with Crippen LogP contribution in [-0.2, 0) is 17.9 Å². The van der Waals surface area contributed by atoms with Gasteiger partial charge in [-0.1, -0.05) is 18.2 Å². The molecule has 0 radical (unpaired) electrons. The van der Waals surface area contributed by atoms with E-state index in [9.17, 15) is 9.90 Å². The molecule has 1 aromatic carbocycles. The minimum Gasteiger partial charge on any atom is -0.480 e. The monoisotopic (exact) mass is 273 g/mol. The summed E-state index contributed by atoms with van der Waals surface area (Å²) in [6.45, 7) is 3.37. The van der Waals surface area contributed by atoms with Crippen molar-refractivity contribution in [1.82, 2.24) is 15.1 Å². The number of aryl methyl sites for hydroxylation is 1. The van der Waals surface area contributed by atoms with Crippen molar-refractivity contribution in [3.8, 4) is 0 Å². The number of rotatable bonds is 6. The van der Waals surface area contributed by atoms with Crippen LogP contribution >= 0.6 is 0 Å². The molecule has 2 aromatic rings. The molecule has 20 heavy (non-hydrogen) atoms. The van der Waals surface area contributed by atoms with Gasteiger partial charge in [-0.2, -0.15) is 5.10 Å². The van der Waals surface area contributed by atoms with Gasteiger partial charge in [0.15, 0.2) is 0 Å². The standard InChI is InChI=1S/C15H19N3O2/c1-2-18-13-6-4-3-5-11(13)12(17-18)9-16-14(15(19)20)10-7-8-10/h3-6,10,14,16H,2,7-9H2,1H3,(H,19,20). The molecule has 1 aromatic heterocycles. The third-order valence-electron chi connectivity index (χ3n) is 3.88. The molecule has 1 unspecified atom stereocenters. The SMILES string of the molecule is CCn1nc(CNC(C(=O)O)C2CC2)c2ccccc21. The number of hydrogen-bond donors (Lipinski definition) is 2. The van der Waals surface area contributed by atoms with E-state index in [1.165, 1.54) is 0 Å². The molecule has 3 rings (SSSR count). The molecule has 106 valence electrons. The van der Waals surface area contributed by atoms with E-state index in [2.05, 4.69) is 17.3 Å². The molecule has 1 atom stereocenters. The minimum atomic E-state index is -0.758. The van der Waals surface area contributed by atoms with Crippen molar-refractivity contribution in [3.63, 3.8) is 0 Å². The summed E-state index contributed by atoms with van der Waals surface area (Å²) in [5, 5.41) is 18.1.